The number of carboxylic acids is 1. The van der Waals surface area contributed by atoms with Crippen LogP contribution < -0.4 is 5.32 Å². The number of carbonyl (C=O) groups excluding carboxylic acids is 1. The lowest BCUT2D eigenvalue weighted by Crippen LogP contribution is -2.24. The third kappa shape index (κ3) is 3.74. The molecule has 2 aromatic carbocycles. The Morgan fingerprint density at radius 1 is 1.00 bits per heavy atom. The maximum atomic E-state index is 12.3. The van der Waals surface area contributed by atoms with Gasteiger partial charge in [-0.05, 0) is 36.2 Å². The van der Waals surface area contributed by atoms with Crippen molar-refractivity contribution in [1.82, 2.24) is 9.78 Å². The molecule has 3 rings (SSSR count). The topological polar surface area (TPSA) is 84.2 Å². The minimum atomic E-state index is -1.12. The van der Waals surface area contributed by atoms with Crippen molar-refractivity contribution < 1.29 is 14.7 Å². The Labute approximate surface area is 144 Å². The van der Waals surface area contributed by atoms with Gasteiger partial charge in [0.1, 0.15) is 6.04 Å². The molecule has 25 heavy (non-hydrogen) atoms. The molecular weight excluding hydrogens is 318 g/mol. The number of benzene rings is 2. The normalized spacial score (nSPS) is 11.7. The van der Waals surface area contributed by atoms with Crippen molar-refractivity contribution in [3.63, 3.8) is 0 Å². The largest absolute Gasteiger partial charge is 0.476 e. The Balaban J connectivity index is 1.69. The van der Waals surface area contributed by atoms with Crippen LogP contribution in [0.5, 0.6) is 0 Å². The third-order valence-electron chi connectivity index (χ3n) is 3.86. The van der Waals surface area contributed by atoms with Crippen LogP contribution in [0, 0.1) is 0 Å². The van der Waals surface area contributed by atoms with Crippen LogP contribution in [-0.4, -0.2) is 26.8 Å². The molecule has 6 nitrogen and oxygen atoms in total. The van der Waals surface area contributed by atoms with E-state index in [9.17, 15) is 9.59 Å². The third-order valence-corrected chi connectivity index (χ3v) is 3.86. The summed E-state index contributed by atoms with van der Waals surface area (Å²) in [5, 5.41) is 15.6. The molecule has 1 atom stereocenters. The van der Waals surface area contributed by atoms with Gasteiger partial charge in [-0.2, -0.15) is 5.10 Å². The molecule has 0 aliphatic heterocycles. The molecule has 6 heteroatoms. The van der Waals surface area contributed by atoms with E-state index in [-0.39, 0.29) is 11.6 Å². The fourth-order valence-corrected chi connectivity index (χ4v) is 2.41. The van der Waals surface area contributed by atoms with Crippen LogP contribution in [0.1, 0.15) is 23.5 Å². The molecule has 0 aliphatic carbocycles. The van der Waals surface area contributed by atoms with Crippen LogP contribution in [-0.2, 0) is 4.79 Å². The lowest BCUT2D eigenvalue weighted by Gasteiger charge is -2.13. The van der Waals surface area contributed by atoms with Gasteiger partial charge in [0.15, 0.2) is 5.69 Å². The molecule has 0 saturated heterocycles. The van der Waals surface area contributed by atoms with E-state index in [4.69, 9.17) is 5.11 Å². The average Bonchev–Trinajstić information content (AvgIpc) is 3.13. The molecule has 1 unspecified atom stereocenters. The molecule has 0 fully saturated rings. The highest BCUT2D eigenvalue weighted by molar-refractivity contribution is 5.93. The summed E-state index contributed by atoms with van der Waals surface area (Å²) in [4.78, 5) is 23.2. The first kappa shape index (κ1) is 16.4. The van der Waals surface area contributed by atoms with Crippen molar-refractivity contribution in [1.29, 1.82) is 0 Å². The SMILES string of the molecule is CC(C(=O)Nc1ccc(-c2ccccc2)cc1)n1ccc(C(=O)O)n1. The van der Waals surface area contributed by atoms with E-state index >= 15 is 0 Å². The Bertz CT molecular complexity index is 886. The van der Waals surface area contributed by atoms with Crippen LogP contribution in [0.3, 0.4) is 0 Å². The molecule has 0 saturated carbocycles. The molecule has 1 aromatic heterocycles. The highest BCUT2D eigenvalue weighted by Crippen LogP contribution is 2.21. The number of aromatic nitrogens is 2. The number of anilines is 1. The highest BCUT2D eigenvalue weighted by Gasteiger charge is 2.17. The van der Waals surface area contributed by atoms with Crippen LogP contribution >= 0.6 is 0 Å². The van der Waals surface area contributed by atoms with Crippen molar-refractivity contribution in [3.8, 4) is 11.1 Å². The zero-order chi connectivity index (χ0) is 17.8. The second-order valence-electron chi connectivity index (χ2n) is 5.59. The van der Waals surface area contributed by atoms with Gasteiger partial charge in [0.25, 0.3) is 0 Å². The van der Waals surface area contributed by atoms with E-state index < -0.39 is 12.0 Å². The van der Waals surface area contributed by atoms with Gasteiger partial charge >= 0.3 is 5.97 Å². The fraction of sp³-hybridized carbons (Fsp3) is 0.105. The summed E-state index contributed by atoms with van der Waals surface area (Å²) in [6.45, 7) is 1.66. The van der Waals surface area contributed by atoms with Gasteiger partial charge in [0.2, 0.25) is 5.91 Å². The van der Waals surface area contributed by atoms with Crippen molar-refractivity contribution in [3.05, 3.63) is 72.6 Å². The summed E-state index contributed by atoms with van der Waals surface area (Å²) in [5.41, 5.74) is 2.74. The van der Waals surface area contributed by atoms with Gasteiger partial charge < -0.3 is 10.4 Å². The molecule has 0 radical (unpaired) electrons. The number of amides is 1. The maximum absolute atomic E-state index is 12.3. The summed E-state index contributed by atoms with van der Waals surface area (Å²) in [6.07, 6.45) is 1.48. The Morgan fingerprint density at radius 3 is 2.24 bits per heavy atom. The molecular formula is C19H17N3O3. The average molecular weight is 335 g/mol. The summed E-state index contributed by atoms with van der Waals surface area (Å²) in [6, 6.07) is 18.2. The number of carbonyl (C=O) groups is 2. The first-order valence-corrected chi connectivity index (χ1v) is 7.79. The summed E-state index contributed by atoms with van der Waals surface area (Å²) in [7, 11) is 0. The van der Waals surface area contributed by atoms with E-state index in [0.29, 0.717) is 5.69 Å². The second kappa shape index (κ2) is 7.00. The van der Waals surface area contributed by atoms with Gasteiger partial charge in [-0.1, -0.05) is 42.5 Å². The van der Waals surface area contributed by atoms with Crippen molar-refractivity contribution >= 4 is 17.6 Å². The van der Waals surface area contributed by atoms with Crippen molar-refractivity contribution in [2.75, 3.05) is 5.32 Å². The molecule has 1 heterocycles. The summed E-state index contributed by atoms with van der Waals surface area (Å²) < 4.78 is 1.33. The molecule has 0 bridgehead atoms. The van der Waals surface area contributed by atoms with Crippen LogP contribution in [0.2, 0.25) is 0 Å². The summed E-state index contributed by atoms with van der Waals surface area (Å²) >= 11 is 0. The Morgan fingerprint density at radius 2 is 1.64 bits per heavy atom. The van der Waals surface area contributed by atoms with Crippen LogP contribution in [0.4, 0.5) is 5.69 Å². The van der Waals surface area contributed by atoms with Crippen molar-refractivity contribution in [2.24, 2.45) is 0 Å². The van der Waals surface area contributed by atoms with Gasteiger partial charge in [-0.3, -0.25) is 9.48 Å². The van der Waals surface area contributed by atoms with Crippen LogP contribution in [0.25, 0.3) is 11.1 Å². The van der Waals surface area contributed by atoms with Gasteiger partial charge in [-0.15, -0.1) is 0 Å². The standard InChI is InChI=1S/C19H17N3O3/c1-13(22-12-11-17(21-22)19(24)25)18(23)20-16-9-7-15(8-10-16)14-5-3-2-4-6-14/h2-13H,1H3,(H,20,23)(H,24,25). The minimum absolute atomic E-state index is 0.0909. The Kier molecular flexibility index (Phi) is 4.61. The highest BCUT2D eigenvalue weighted by atomic mass is 16.4. The smallest absolute Gasteiger partial charge is 0.356 e. The lowest BCUT2D eigenvalue weighted by atomic mass is 10.1. The second-order valence-corrected chi connectivity index (χ2v) is 5.59. The molecule has 0 aliphatic rings. The van der Waals surface area contributed by atoms with E-state index in [2.05, 4.69) is 10.4 Å². The van der Waals surface area contributed by atoms with Gasteiger partial charge in [0.05, 0.1) is 0 Å². The number of hydrogen-bond acceptors (Lipinski definition) is 3. The van der Waals surface area contributed by atoms with E-state index in [1.165, 1.54) is 16.9 Å². The van der Waals surface area contributed by atoms with E-state index in [1.54, 1.807) is 6.92 Å². The molecule has 3 aromatic rings. The monoisotopic (exact) mass is 335 g/mol. The molecule has 1 amide bonds. The molecule has 2 N–H and O–H groups in total. The predicted molar refractivity (Wildman–Crippen MR) is 94.4 cm³/mol. The summed E-state index contributed by atoms with van der Waals surface area (Å²) in [5.74, 6) is -1.39. The number of rotatable bonds is 5. The first-order valence-electron chi connectivity index (χ1n) is 7.79. The van der Waals surface area contributed by atoms with Gasteiger partial charge in [-0.25, -0.2) is 4.79 Å². The minimum Gasteiger partial charge on any atom is -0.476 e. The quantitative estimate of drug-likeness (QED) is 0.748. The molecule has 126 valence electrons. The number of nitrogens with zero attached hydrogens (tertiary/aromatic N) is 2. The number of nitrogens with one attached hydrogen (secondary N) is 1. The number of aromatic carboxylic acids is 1. The lowest BCUT2D eigenvalue weighted by molar-refractivity contribution is -0.119. The van der Waals surface area contributed by atoms with Gasteiger partial charge in [0, 0.05) is 11.9 Å². The van der Waals surface area contributed by atoms with E-state index in [0.717, 1.165) is 11.1 Å². The number of carboxylic acid groups (broad SMARTS) is 1. The zero-order valence-corrected chi connectivity index (χ0v) is 13.6. The maximum Gasteiger partial charge on any atom is 0.356 e. The molecule has 0 spiro atoms. The fourth-order valence-electron chi connectivity index (χ4n) is 2.41. The van der Waals surface area contributed by atoms with Crippen LogP contribution in [0.15, 0.2) is 66.9 Å². The zero-order valence-electron chi connectivity index (χ0n) is 13.6. The predicted octanol–water partition coefficient (Wildman–Crippen LogP) is 3.45. The first-order chi connectivity index (χ1) is 12.0. The van der Waals surface area contributed by atoms with E-state index in [1.807, 2.05) is 54.6 Å². The Hall–Kier alpha value is -3.41. The number of hydrogen-bond donors (Lipinski definition) is 2. The van der Waals surface area contributed by atoms with Crippen molar-refractivity contribution in [2.45, 2.75) is 13.0 Å².